The number of rotatable bonds is 8. The van der Waals surface area contributed by atoms with Crippen LogP contribution in [0.5, 0.6) is 5.75 Å². The zero-order valence-electron chi connectivity index (χ0n) is 16.5. The van der Waals surface area contributed by atoms with Crippen molar-refractivity contribution in [3.05, 3.63) is 65.0 Å². The van der Waals surface area contributed by atoms with E-state index < -0.39 is 0 Å². The molecule has 0 heterocycles. The third-order valence-corrected chi connectivity index (χ3v) is 4.02. The van der Waals surface area contributed by atoms with E-state index >= 15 is 0 Å². The summed E-state index contributed by atoms with van der Waals surface area (Å²) in [7, 11) is 1.57. The third kappa shape index (κ3) is 6.57. The Kier molecular flexibility index (Phi) is 8.27. The van der Waals surface area contributed by atoms with Crippen molar-refractivity contribution in [2.45, 2.75) is 20.4 Å². The minimum Gasteiger partial charge on any atom is -0.497 e. The number of ether oxygens (including phenoxy) is 1. The van der Waals surface area contributed by atoms with Crippen LogP contribution in [0, 0.1) is 12.7 Å². The summed E-state index contributed by atoms with van der Waals surface area (Å²) >= 11 is 0. The van der Waals surface area contributed by atoms with Crippen LogP contribution < -0.4 is 20.7 Å². The standard InChI is InChI=1S/C21H27FN4O2/c1-4-23-21(26-14-16-8-9-19(22)15(2)12-16)25-11-10-24-20(27)17-6-5-7-18(13-17)28-3/h5-9,12-13H,4,10-11,14H2,1-3H3,(H,24,27)(H2,23,25,26). The van der Waals surface area contributed by atoms with E-state index in [2.05, 4.69) is 20.9 Å². The second-order valence-electron chi connectivity index (χ2n) is 6.19. The van der Waals surface area contributed by atoms with Crippen molar-refractivity contribution in [3.8, 4) is 5.75 Å². The van der Waals surface area contributed by atoms with Gasteiger partial charge in [0, 0.05) is 25.2 Å². The lowest BCUT2D eigenvalue weighted by Gasteiger charge is -2.12. The molecule has 1 amide bonds. The van der Waals surface area contributed by atoms with Gasteiger partial charge in [0.25, 0.3) is 5.91 Å². The van der Waals surface area contributed by atoms with Gasteiger partial charge in [0.15, 0.2) is 5.96 Å². The molecule has 0 spiro atoms. The van der Waals surface area contributed by atoms with Crippen molar-refractivity contribution in [2.75, 3.05) is 26.7 Å². The van der Waals surface area contributed by atoms with Crippen molar-refractivity contribution in [1.82, 2.24) is 16.0 Å². The molecular weight excluding hydrogens is 359 g/mol. The number of methoxy groups -OCH3 is 1. The summed E-state index contributed by atoms with van der Waals surface area (Å²) in [6.07, 6.45) is 0. The van der Waals surface area contributed by atoms with E-state index in [9.17, 15) is 9.18 Å². The number of nitrogens with zero attached hydrogens (tertiary/aromatic N) is 1. The third-order valence-electron chi connectivity index (χ3n) is 4.02. The first-order chi connectivity index (χ1) is 13.5. The van der Waals surface area contributed by atoms with Gasteiger partial charge in [-0.1, -0.05) is 18.2 Å². The highest BCUT2D eigenvalue weighted by Crippen LogP contribution is 2.12. The average molecular weight is 386 g/mol. The van der Waals surface area contributed by atoms with Crippen molar-refractivity contribution in [2.24, 2.45) is 4.99 Å². The predicted molar refractivity (Wildman–Crippen MR) is 109 cm³/mol. The SMILES string of the molecule is CCNC(=NCc1ccc(F)c(C)c1)NCCNC(=O)c1cccc(OC)c1. The van der Waals surface area contributed by atoms with E-state index in [4.69, 9.17) is 4.74 Å². The smallest absolute Gasteiger partial charge is 0.251 e. The molecule has 150 valence electrons. The Hall–Kier alpha value is -3.09. The molecule has 0 aromatic heterocycles. The second-order valence-corrected chi connectivity index (χ2v) is 6.19. The minimum absolute atomic E-state index is 0.163. The lowest BCUT2D eigenvalue weighted by atomic mass is 10.1. The normalized spacial score (nSPS) is 11.1. The number of carbonyl (C=O) groups is 1. The van der Waals surface area contributed by atoms with Crippen LogP contribution >= 0.6 is 0 Å². The molecule has 2 rings (SSSR count). The van der Waals surface area contributed by atoms with Gasteiger partial charge in [0.1, 0.15) is 11.6 Å². The zero-order valence-corrected chi connectivity index (χ0v) is 16.5. The Morgan fingerprint density at radius 2 is 1.89 bits per heavy atom. The zero-order chi connectivity index (χ0) is 20.4. The average Bonchev–Trinajstić information content (AvgIpc) is 2.71. The first-order valence-corrected chi connectivity index (χ1v) is 9.23. The Morgan fingerprint density at radius 1 is 1.11 bits per heavy atom. The van der Waals surface area contributed by atoms with Crippen LogP contribution in [0.3, 0.4) is 0 Å². The molecule has 0 aliphatic carbocycles. The Morgan fingerprint density at radius 3 is 2.61 bits per heavy atom. The van der Waals surface area contributed by atoms with Crippen LogP contribution in [0.2, 0.25) is 0 Å². The van der Waals surface area contributed by atoms with Crippen LogP contribution in [-0.4, -0.2) is 38.6 Å². The van der Waals surface area contributed by atoms with Gasteiger partial charge in [-0.25, -0.2) is 9.38 Å². The first kappa shape index (κ1) is 21.2. The molecule has 3 N–H and O–H groups in total. The van der Waals surface area contributed by atoms with Gasteiger partial charge in [-0.3, -0.25) is 4.79 Å². The molecule has 2 aromatic rings. The number of hydrogen-bond acceptors (Lipinski definition) is 3. The number of nitrogens with one attached hydrogen (secondary N) is 3. The molecule has 0 aliphatic heterocycles. The predicted octanol–water partition coefficient (Wildman–Crippen LogP) is 2.63. The molecule has 0 aliphatic rings. The highest BCUT2D eigenvalue weighted by molar-refractivity contribution is 5.94. The van der Waals surface area contributed by atoms with Gasteiger partial charge < -0.3 is 20.7 Å². The highest BCUT2D eigenvalue weighted by Gasteiger charge is 2.06. The van der Waals surface area contributed by atoms with Crippen molar-refractivity contribution < 1.29 is 13.9 Å². The molecule has 0 radical (unpaired) electrons. The lowest BCUT2D eigenvalue weighted by molar-refractivity contribution is 0.0954. The van der Waals surface area contributed by atoms with Gasteiger partial charge in [0.05, 0.1) is 13.7 Å². The van der Waals surface area contributed by atoms with E-state index in [1.807, 2.05) is 6.92 Å². The Balaban J connectivity index is 1.83. The fraction of sp³-hybridized carbons (Fsp3) is 0.333. The molecular formula is C21H27FN4O2. The Labute approximate surface area is 165 Å². The van der Waals surface area contributed by atoms with Crippen LogP contribution in [0.4, 0.5) is 4.39 Å². The van der Waals surface area contributed by atoms with Crippen molar-refractivity contribution >= 4 is 11.9 Å². The largest absolute Gasteiger partial charge is 0.497 e. The molecule has 2 aromatic carbocycles. The number of carbonyl (C=O) groups excluding carboxylic acids is 1. The molecule has 28 heavy (non-hydrogen) atoms. The summed E-state index contributed by atoms with van der Waals surface area (Å²) in [5.41, 5.74) is 2.08. The minimum atomic E-state index is -0.218. The van der Waals surface area contributed by atoms with Crippen LogP contribution in [0.1, 0.15) is 28.4 Å². The molecule has 0 atom stereocenters. The van der Waals surface area contributed by atoms with Crippen molar-refractivity contribution in [3.63, 3.8) is 0 Å². The van der Waals surface area contributed by atoms with Gasteiger partial charge in [-0.2, -0.15) is 0 Å². The maximum atomic E-state index is 13.4. The monoisotopic (exact) mass is 386 g/mol. The van der Waals surface area contributed by atoms with E-state index in [0.29, 0.717) is 49.0 Å². The van der Waals surface area contributed by atoms with E-state index in [0.717, 1.165) is 5.56 Å². The number of halogens is 1. The first-order valence-electron chi connectivity index (χ1n) is 9.23. The van der Waals surface area contributed by atoms with Crippen molar-refractivity contribution in [1.29, 1.82) is 0 Å². The molecule has 0 bridgehead atoms. The van der Waals surface area contributed by atoms with Crippen LogP contribution in [-0.2, 0) is 6.54 Å². The topological polar surface area (TPSA) is 74.8 Å². The summed E-state index contributed by atoms with van der Waals surface area (Å²) in [6, 6.07) is 12.0. The summed E-state index contributed by atoms with van der Waals surface area (Å²) in [4.78, 5) is 16.7. The highest BCUT2D eigenvalue weighted by atomic mass is 19.1. The quantitative estimate of drug-likeness (QED) is 0.370. The maximum Gasteiger partial charge on any atom is 0.251 e. The van der Waals surface area contributed by atoms with Gasteiger partial charge in [-0.05, 0) is 49.2 Å². The molecule has 6 nitrogen and oxygen atoms in total. The molecule has 0 fully saturated rings. The number of aliphatic imine (C=N–C) groups is 1. The maximum absolute atomic E-state index is 13.4. The lowest BCUT2D eigenvalue weighted by Crippen LogP contribution is -2.41. The van der Waals surface area contributed by atoms with Crippen LogP contribution in [0.15, 0.2) is 47.5 Å². The fourth-order valence-corrected chi connectivity index (χ4v) is 2.54. The molecule has 0 saturated carbocycles. The molecule has 0 saturated heterocycles. The Bertz CT molecular complexity index is 824. The number of amides is 1. The number of guanidine groups is 1. The van der Waals surface area contributed by atoms with Crippen LogP contribution in [0.25, 0.3) is 0 Å². The number of aryl methyl sites for hydroxylation is 1. The van der Waals surface area contributed by atoms with Gasteiger partial charge >= 0.3 is 0 Å². The molecule has 0 unspecified atom stereocenters. The summed E-state index contributed by atoms with van der Waals surface area (Å²) < 4.78 is 18.5. The number of benzene rings is 2. The van der Waals surface area contributed by atoms with E-state index in [-0.39, 0.29) is 11.7 Å². The number of hydrogen-bond donors (Lipinski definition) is 3. The molecule has 7 heteroatoms. The van der Waals surface area contributed by atoms with Gasteiger partial charge in [-0.15, -0.1) is 0 Å². The summed E-state index contributed by atoms with van der Waals surface area (Å²) in [5.74, 6) is 0.900. The summed E-state index contributed by atoms with van der Waals surface area (Å²) in [6.45, 7) is 5.82. The fourth-order valence-electron chi connectivity index (χ4n) is 2.54. The van der Waals surface area contributed by atoms with E-state index in [1.54, 1.807) is 50.4 Å². The second kappa shape index (κ2) is 10.9. The van der Waals surface area contributed by atoms with Gasteiger partial charge in [0.2, 0.25) is 0 Å². The summed E-state index contributed by atoms with van der Waals surface area (Å²) in [5, 5.41) is 9.17. The van der Waals surface area contributed by atoms with E-state index in [1.165, 1.54) is 6.07 Å².